The predicted octanol–water partition coefficient (Wildman–Crippen LogP) is 4.14. The number of carbonyl (C=O) groups excluding carboxylic acids is 1. The molecule has 0 spiro atoms. The third-order valence-corrected chi connectivity index (χ3v) is 4.20. The van der Waals surface area contributed by atoms with Crippen molar-refractivity contribution in [1.82, 2.24) is 10.3 Å². The van der Waals surface area contributed by atoms with Crippen LogP contribution >= 0.6 is 0 Å². The Hall–Kier alpha value is -3.06. The van der Waals surface area contributed by atoms with E-state index in [-0.39, 0.29) is 17.5 Å². The Labute approximate surface area is 140 Å². The number of rotatable bonds is 4. The van der Waals surface area contributed by atoms with Gasteiger partial charge in [0.05, 0.1) is 0 Å². The lowest BCUT2D eigenvalue weighted by molar-refractivity contribution is -0.117. The van der Waals surface area contributed by atoms with Gasteiger partial charge in [0, 0.05) is 27.8 Å². The van der Waals surface area contributed by atoms with Crippen molar-refractivity contribution in [3.8, 4) is 6.07 Å². The summed E-state index contributed by atoms with van der Waals surface area (Å²) >= 11 is 0. The fraction of sp³-hybridized carbons (Fsp3) is 0.200. The molecule has 0 aliphatic rings. The first-order valence-corrected chi connectivity index (χ1v) is 8.05. The second kappa shape index (κ2) is 6.59. The van der Waals surface area contributed by atoms with Gasteiger partial charge < -0.3 is 10.3 Å². The molecule has 120 valence electrons. The molecule has 0 radical (unpaired) electrons. The Balaban J connectivity index is 2.00. The number of para-hydroxylation sites is 1. The van der Waals surface area contributed by atoms with Crippen LogP contribution in [-0.4, -0.2) is 16.9 Å². The minimum Gasteiger partial charge on any atom is -0.355 e. The van der Waals surface area contributed by atoms with E-state index < -0.39 is 0 Å². The highest BCUT2D eigenvalue weighted by molar-refractivity contribution is 6.08. The molecule has 3 rings (SSSR count). The van der Waals surface area contributed by atoms with Crippen molar-refractivity contribution in [3.63, 3.8) is 0 Å². The Kier molecular flexibility index (Phi) is 4.35. The second-order valence-corrected chi connectivity index (χ2v) is 5.93. The van der Waals surface area contributed by atoms with Gasteiger partial charge in [0.1, 0.15) is 11.6 Å². The maximum atomic E-state index is 12.2. The van der Waals surface area contributed by atoms with Gasteiger partial charge in [-0.05, 0) is 43.2 Å². The number of H-pyrrole nitrogens is 1. The SMILES string of the molecule is CC[C@H](C)NC(=O)/C(C#N)=C/c1ccc2[nH]c3ccccc3c2c1. The maximum Gasteiger partial charge on any atom is 0.262 e. The molecule has 4 nitrogen and oxygen atoms in total. The zero-order chi connectivity index (χ0) is 17.1. The van der Waals surface area contributed by atoms with Gasteiger partial charge in [-0.1, -0.05) is 31.2 Å². The fourth-order valence-corrected chi connectivity index (χ4v) is 2.67. The van der Waals surface area contributed by atoms with E-state index in [1.54, 1.807) is 6.08 Å². The number of carbonyl (C=O) groups is 1. The number of aromatic nitrogens is 1. The first-order valence-electron chi connectivity index (χ1n) is 8.05. The molecule has 2 aromatic carbocycles. The van der Waals surface area contributed by atoms with Crippen LogP contribution in [0, 0.1) is 11.3 Å². The number of nitrogens with one attached hydrogen (secondary N) is 2. The number of benzene rings is 2. The zero-order valence-corrected chi connectivity index (χ0v) is 13.8. The number of hydrogen-bond donors (Lipinski definition) is 2. The Morgan fingerprint density at radius 3 is 2.75 bits per heavy atom. The molecule has 1 atom stereocenters. The summed E-state index contributed by atoms with van der Waals surface area (Å²) in [5.74, 6) is -0.328. The lowest BCUT2D eigenvalue weighted by Gasteiger charge is -2.10. The summed E-state index contributed by atoms with van der Waals surface area (Å²) < 4.78 is 0. The molecule has 24 heavy (non-hydrogen) atoms. The van der Waals surface area contributed by atoms with E-state index in [9.17, 15) is 10.1 Å². The van der Waals surface area contributed by atoms with Gasteiger partial charge in [0.2, 0.25) is 0 Å². The molecule has 2 N–H and O–H groups in total. The Morgan fingerprint density at radius 1 is 1.25 bits per heavy atom. The summed E-state index contributed by atoms with van der Waals surface area (Å²) in [6.45, 7) is 3.91. The summed E-state index contributed by atoms with van der Waals surface area (Å²) in [7, 11) is 0. The largest absolute Gasteiger partial charge is 0.355 e. The molecule has 0 aliphatic carbocycles. The average molecular weight is 317 g/mol. The summed E-state index contributed by atoms with van der Waals surface area (Å²) in [4.78, 5) is 15.5. The van der Waals surface area contributed by atoms with Crippen molar-refractivity contribution >= 4 is 33.8 Å². The van der Waals surface area contributed by atoms with E-state index in [0.29, 0.717) is 0 Å². The van der Waals surface area contributed by atoms with Gasteiger partial charge in [-0.3, -0.25) is 4.79 Å². The Bertz CT molecular complexity index is 975. The molecular formula is C20H19N3O. The summed E-state index contributed by atoms with van der Waals surface area (Å²) in [6, 6.07) is 16.0. The number of amides is 1. The predicted molar refractivity (Wildman–Crippen MR) is 97.3 cm³/mol. The minimum absolute atomic E-state index is 0.0466. The first kappa shape index (κ1) is 15.8. The van der Waals surface area contributed by atoms with Gasteiger partial charge in [-0.15, -0.1) is 0 Å². The van der Waals surface area contributed by atoms with Crippen LogP contribution < -0.4 is 5.32 Å². The first-order chi connectivity index (χ1) is 11.6. The average Bonchev–Trinajstić information content (AvgIpc) is 2.97. The molecule has 3 aromatic rings. The molecule has 4 heteroatoms. The number of hydrogen-bond acceptors (Lipinski definition) is 2. The van der Waals surface area contributed by atoms with E-state index in [4.69, 9.17) is 0 Å². The highest BCUT2D eigenvalue weighted by Gasteiger charge is 2.12. The van der Waals surface area contributed by atoms with Gasteiger partial charge in [0.15, 0.2) is 0 Å². The molecule has 0 aliphatic heterocycles. The summed E-state index contributed by atoms with van der Waals surface area (Å²) in [6.07, 6.45) is 2.46. The summed E-state index contributed by atoms with van der Waals surface area (Å²) in [5.41, 5.74) is 3.07. The van der Waals surface area contributed by atoms with E-state index in [1.165, 1.54) is 0 Å². The normalized spacial score (nSPS) is 13.0. The van der Waals surface area contributed by atoms with Crippen LogP contribution in [0.25, 0.3) is 27.9 Å². The van der Waals surface area contributed by atoms with Gasteiger partial charge in [-0.25, -0.2) is 0 Å². The van der Waals surface area contributed by atoms with Crippen molar-refractivity contribution in [1.29, 1.82) is 5.26 Å². The van der Waals surface area contributed by atoms with Crippen LogP contribution in [-0.2, 0) is 4.79 Å². The standard InChI is InChI=1S/C20H19N3O/c1-3-13(2)22-20(24)15(12-21)10-14-8-9-19-17(11-14)16-6-4-5-7-18(16)23-19/h4-11,13,23H,3H2,1-2H3,(H,22,24)/b15-10+/t13-/m0/s1. The lowest BCUT2D eigenvalue weighted by Crippen LogP contribution is -2.32. The molecule has 1 amide bonds. The summed E-state index contributed by atoms with van der Waals surface area (Å²) in [5, 5.41) is 14.3. The van der Waals surface area contributed by atoms with Gasteiger partial charge >= 0.3 is 0 Å². The minimum atomic E-state index is -0.328. The monoisotopic (exact) mass is 317 g/mol. The van der Waals surface area contributed by atoms with Crippen LogP contribution in [0.5, 0.6) is 0 Å². The highest BCUT2D eigenvalue weighted by atomic mass is 16.1. The molecule has 0 saturated carbocycles. The van der Waals surface area contributed by atoms with Crippen molar-refractivity contribution in [3.05, 3.63) is 53.6 Å². The highest BCUT2D eigenvalue weighted by Crippen LogP contribution is 2.26. The van der Waals surface area contributed by atoms with Crippen molar-refractivity contribution in [2.75, 3.05) is 0 Å². The number of nitrogens with zero attached hydrogens (tertiary/aromatic N) is 1. The van der Waals surface area contributed by atoms with Crippen LogP contribution in [0.15, 0.2) is 48.0 Å². The Morgan fingerprint density at radius 2 is 2.00 bits per heavy atom. The lowest BCUT2D eigenvalue weighted by atomic mass is 10.1. The smallest absolute Gasteiger partial charge is 0.262 e. The third kappa shape index (κ3) is 3.02. The molecule has 0 unspecified atom stereocenters. The topological polar surface area (TPSA) is 68.7 Å². The quantitative estimate of drug-likeness (QED) is 0.561. The molecule has 1 heterocycles. The van der Waals surface area contributed by atoms with Crippen LogP contribution in [0.1, 0.15) is 25.8 Å². The van der Waals surface area contributed by atoms with E-state index in [2.05, 4.69) is 16.4 Å². The van der Waals surface area contributed by atoms with E-state index >= 15 is 0 Å². The molecule has 0 fully saturated rings. The third-order valence-electron chi connectivity index (χ3n) is 4.20. The van der Waals surface area contributed by atoms with E-state index in [1.807, 2.05) is 56.3 Å². The molecule has 1 aromatic heterocycles. The van der Waals surface area contributed by atoms with Crippen molar-refractivity contribution < 1.29 is 4.79 Å². The number of aromatic amines is 1. The molecule has 0 saturated heterocycles. The van der Waals surface area contributed by atoms with Crippen molar-refractivity contribution in [2.45, 2.75) is 26.3 Å². The maximum absolute atomic E-state index is 12.2. The van der Waals surface area contributed by atoms with Crippen molar-refractivity contribution in [2.24, 2.45) is 0 Å². The zero-order valence-electron chi connectivity index (χ0n) is 13.8. The van der Waals surface area contributed by atoms with Crippen LogP contribution in [0.3, 0.4) is 0 Å². The van der Waals surface area contributed by atoms with Crippen LogP contribution in [0.4, 0.5) is 0 Å². The number of nitriles is 1. The van der Waals surface area contributed by atoms with Gasteiger partial charge in [-0.2, -0.15) is 5.26 Å². The van der Waals surface area contributed by atoms with Gasteiger partial charge in [0.25, 0.3) is 5.91 Å². The molecular weight excluding hydrogens is 298 g/mol. The van der Waals surface area contributed by atoms with Crippen LogP contribution in [0.2, 0.25) is 0 Å². The second-order valence-electron chi connectivity index (χ2n) is 5.93. The molecule has 0 bridgehead atoms. The fourth-order valence-electron chi connectivity index (χ4n) is 2.67. The number of fused-ring (bicyclic) bond motifs is 3. The van der Waals surface area contributed by atoms with E-state index in [0.717, 1.165) is 33.8 Å².